The molecule has 0 aliphatic rings. The van der Waals surface area contributed by atoms with Crippen LogP contribution in [0.2, 0.25) is 0 Å². The van der Waals surface area contributed by atoms with Crippen LogP contribution in [-0.2, 0) is 6.42 Å². The van der Waals surface area contributed by atoms with E-state index in [1.165, 1.54) is 17.4 Å². The molecule has 2 aromatic rings. The fourth-order valence-electron chi connectivity index (χ4n) is 1.48. The number of nitrogens with zero attached hydrogens (tertiary/aromatic N) is 2. The van der Waals surface area contributed by atoms with Gasteiger partial charge in [-0.1, -0.05) is 23.0 Å². The average Bonchev–Trinajstić information content (AvgIpc) is 2.78. The fraction of sp³-hybridized carbons (Fsp3) is 0.333. The summed E-state index contributed by atoms with van der Waals surface area (Å²) in [6.07, 6.45) is 1.67. The van der Waals surface area contributed by atoms with Crippen molar-refractivity contribution >= 4 is 22.9 Å². The number of halogens is 2. The van der Waals surface area contributed by atoms with Crippen molar-refractivity contribution in [2.24, 2.45) is 0 Å². The van der Waals surface area contributed by atoms with Crippen molar-refractivity contribution in [2.75, 3.05) is 5.88 Å². The van der Waals surface area contributed by atoms with E-state index in [2.05, 4.69) is 10.2 Å². The first-order valence-corrected chi connectivity index (χ1v) is 6.70. The third-order valence-electron chi connectivity index (χ3n) is 2.34. The number of aryl methyl sites for hydroxylation is 2. The van der Waals surface area contributed by atoms with Gasteiger partial charge in [-0.15, -0.1) is 21.8 Å². The van der Waals surface area contributed by atoms with Gasteiger partial charge in [-0.05, 0) is 25.5 Å². The molecule has 0 amide bonds. The minimum atomic E-state index is -0.254. The molecule has 17 heavy (non-hydrogen) atoms. The number of hydrogen-bond acceptors (Lipinski definition) is 3. The van der Waals surface area contributed by atoms with E-state index in [0.29, 0.717) is 16.5 Å². The lowest BCUT2D eigenvalue weighted by Crippen LogP contribution is -1.85. The molecule has 1 heterocycles. The molecule has 1 aromatic heterocycles. The molecule has 90 valence electrons. The second-order valence-corrected chi connectivity index (χ2v) is 5.22. The average molecular weight is 271 g/mol. The summed E-state index contributed by atoms with van der Waals surface area (Å²) in [5.41, 5.74) is 1.54. The van der Waals surface area contributed by atoms with Gasteiger partial charge in [0, 0.05) is 17.9 Å². The van der Waals surface area contributed by atoms with E-state index in [0.717, 1.165) is 23.4 Å². The van der Waals surface area contributed by atoms with Crippen LogP contribution in [0.5, 0.6) is 0 Å². The smallest absolute Gasteiger partial charge is 0.150 e. The molecular weight excluding hydrogens is 259 g/mol. The van der Waals surface area contributed by atoms with Crippen LogP contribution < -0.4 is 0 Å². The van der Waals surface area contributed by atoms with Crippen LogP contribution in [0.3, 0.4) is 0 Å². The Labute approximate surface area is 108 Å². The van der Waals surface area contributed by atoms with E-state index in [1.807, 2.05) is 6.92 Å². The molecular formula is C12H12ClFN2S. The predicted octanol–water partition coefficient (Wildman–Crippen LogP) is 3.82. The van der Waals surface area contributed by atoms with Gasteiger partial charge in [0.15, 0.2) is 5.01 Å². The van der Waals surface area contributed by atoms with Gasteiger partial charge in [0.05, 0.1) is 0 Å². The number of aromatic nitrogens is 2. The van der Waals surface area contributed by atoms with Crippen LogP contribution in [-0.4, -0.2) is 16.1 Å². The molecule has 0 saturated heterocycles. The molecule has 0 spiro atoms. The predicted molar refractivity (Wildman–Crippen MR) is 69.1 cm³/mol. The lowest BCUT2D eigenvalue weighted by molar-refractivity contribution is 0.630. The van der Waals surface area contributed by atoms with Crippen molar-refractivity contribution in [3.8, 4) is 10.6 Å². The minimum Gasteiger partial charge on any atom is -0.206 e. The Balaban J connectivity index is 2.27. The van der Waals surface area contributed by atoms with E-state index in [9.17, 15) is 4.39 Å². The van der Waals surface area contributed by atoms with Gasteiger partial charge >= 0.3 is 0 Å². The molecule has 0 aliphatic carbocycles. The van der Waals surface area contributed by atoms with Crippen LogP contribution >= 0.6 is 22.9 Å². The summed E-state index contributed by atoms with van der Waals surface area (Å²) in [7, 11) is 0. The Morgan fingerprint density at radius 1 is 1.35 bits per heavy atom. The molecule has 0 saturated carbocycles. The van der Waals surface area contributed by atoms with E-state index >= 15 is 0 Å². The third kappa shape index (κ3) is 3.01. The first-order valence-electron chi connectivity index (χ1n) is 5.35. The summed E-state index contributed by atoms with van der Waals surface area (Å²) >= 11 is 7.05. The van der Waals surface area contributed by atoms with Crippen LogP contribution in [0.1, 0.15) is 17.0 Å². The molecule has 5 heteroatoms. The highest BCUT2D eigenvalue weighted by atomic mass is 35.5. The van der Waals surface area contributed by atoms with Gasteiger partial charge < -0.3 is 0 Å². The van der Waals surface area contributed by atoms with Crippen LogP contribution in [0, 0.1) is 12.7 Å². The molecule has 0 aliphatic heterocycles. The molecule has 0 N–H and O–H groups in total. The monoisotopic (exact) mass is 270 g/mol. The van der Waals surface area contributed by atoms with Crippen molar-refractivity contribution in [1.29, 1.82) is 0 Å². The molecule has 2 rings (SSSR count). The molecule has 0 bridgehead atoms. The van der Waals surface area contributed by atoms with Crippen molar-refractivity contribution in [3.05, 3.63) is 34.6 Å². The highest BCUT2D eigenvalue weighted by molar-refractivity contribution is 7.14. The molecule has 0 atom stereocenters. The zero-order chi connectivity index (χ0) is 12.3. The minimum absolute atomic E-state index is 0.254. The lowest BCUT2D eigenvalue weighted by atomic mass is 10.1. The van der Waals surface area contributed by atoms with E-state index < -0.39 is 0 Å². The van der Waals surface area contributed by atoms with Gasteiger partial charge in [-0.2, -0.15) is 0 Å². The molecule has 1 aromatic carbocycles. The van der Waals surface area contributed by atoms with Crippen molar-refractivity contribution in [3.63, 3.8) is 0 Å². The third-order valence-corrected chi connectivity index (χ3v) is 3.63. The van der Waals surface area contributed by atoms with Gasteiger partial charge in [0.25, 0.3) is 0 Å². The maximum Gasteiger partial charge on any atom is 0.150 e. The zero-order valence-electron chi connectivity index (χ0n) is 9.41. The van der Waals surface area contributed by atoms with E-state index in [4.69, 9.17) is 11.6 Å². The fourth-order valence-corrected chi connectivity index (χ4v) is 2.52. The Kier molecular flexibility index (Phi) is 4.07. The molecule has 0 unspecified atom stereocenters. The molecule has 0 radical (unpaired) electrons. The summed E-state index contributed by atoms with van der Waals surface area (Å²) < 4.78 is 13.6. The van der Waals surface area contributed by atoms with E-state index in [1.54, 1.807) is 12.1 Å². The number of benzene rings is 1. The zero-order valence-corrected chi connectivity index (χ0v) is 11.0. The summed E-state index contributed by atoms with van der Waals surface area (Å²) in [5.74, 6) is 0.351. The second kappa shape index (κ2) is 5.56. The Hall–Kier alpha value is -1.000. The second-order valence-electron chi connectivity index (χ2n) is 3.78. The van der Waals surface area contributed by atoms with Gasteiger partial charge in [-0.25, -0.2) is 4.39 Å². The van der Waals surface area contributed by atoms with Crippen LogP contribution in [0.25, 0.3) is 10.6 Å². The lowest BCUT2D eigenvalue weighted by Gasteiger charge is -1.99. The standard InChI is InChI=1S/C12H12ClFN2S/c1-8-4-5-10(14)9(7-8)12-16-15-11(17-12)3-2-6-13/h4-5,7H,2-3,6H2,1H3. The maximum absolute atomic E-state index is 13.6. The van der Waals surface area contributed by atoms with Crippen molar-refractivity contribution in [2.45, 2.75) is 19.8 Å². The first kappa shape index (κ1) is 12.5. The summed E-state index contributed by atoms with van der Waals surface area (Å²) in [6, 6.07) is 5.00. The highest BCUT2D eigenvalue weighted by Gasteiger charge is 2.11. The van der Waals surface area contributed by atoms with Crippen LogP contribution in [0.15, 0.2) is 18.2 Å². The van der Waals surface area contributed by atoms with Gasteiger partial charge in [0.2, 0.25) is 0 Å². The normalized spacial score (nSPS) is 10.8. The highest BCUT2D eigenvalue weighted by Crippen LogP contribution is 2.27. The number of rotatable bonds is 4. The van der Waals surface area contributed by atoms with E-state index in [-0.39, 0.29) is 5.82 Å². The maximum atomic E-state index is 13.6. The Morgan fingerprint density at radius 2 is 2.18 bits per heavy atom. The largest absolute Gasteiger partial charge is 0.206 e. The number of alkyl halides is 1. The topological polar surface area (TPSA) is 25.8 Å². The van der Waals surface area contributed by atoms with Gasteiger partial charge in [0.1, 0.15) is 10.8 Å². The quantitative estimate of drug-likeness (QED) is 0.789. The van der Waals surface area contributed by atoms with Gasteiger partial charge in [-0.3, -0.25) is 0 Å². The van der Waals surface area contributed by atoms with Crippen LogP contribution in [0.4, 0.5) is 4.39 Å². The first-order chi connectivity index (χ1) is 8.20. The SMILES string of the molecule is Cc1ccc(F)c(-c2nnc(CCCCl)s2)c1. The molecule has 2 nitrogen and oxygen atoms in total. The summed E-state index contributed by atoms with van der Waals surface area (Å²) in [4.78, 5) is 0. The van der Waals surface area contributed by atoms with Crippen molar-refractivity contribution < 1.29 is 4.39 Å². The Bertz CT molecular complexity index is 513. The summed E-state index contributed by atoms with van der Waals surface area (Å²) in [5, 5.41) is 9.61. The molecule has 0 fully saturated rings. The van der Waals surface area contributed by atoms with Crippen molar-refractivity contribution in [1.82, 2.24) is 10.2 Å². The Morgan fingerprint density at radius 3 is 2.94 bits per heavy atom. The summed E-state index contributed by atoms with van der Waals surface area (Å²) in [6.45, 7) is 1.93. The number of hydrogen-bond donors (Lipinski definition) is 0.